The van der Waals surface area contributed by atoms with Crippen molar-refractivity contribution in [3.63, 3.8) is 0 Å². The maximum atomic E-state index is 5.74. The van der Waals surface area contributed by atoms with Crippen LogP contribution >= 0.6 is 0 Å². The van der Waals surface area contributed by atoms with Crippen LogP contribution in [0.25, 0.3) is 0 Å². The van der Waals surface area contributed by atoms with Crippen molar-refractivity contribution >= 4 is 0 Å². The van der Waals surface area contributed by atoms with Crippen molar-refractivity contribution < 1.29 is 4.74 Å². The predicted molar refractivity (Wildman–Crippen MR) is 64.5 cm³/mol. The molecule has 1 aromatic heterocycles. The van der Waals surface area contributed by atoms with Gasteiger partial charge in [0.2, 0.25) is 0 Å². The maximum absolute atomic E-state index is 5.74. The largest absolute Gasteiger partial charge is 0.487 e. The van der Waals surface area contributed by atoms with Gasteiger partial charge in [-0.1, -0.05) is 30.3 Å². The number of aryl methyl sites for hydroxylation is 1. The maximum Gasteiger partial charge on any atom is 0.141 e. The third-order valence-electron chi connectivity index (χ3n) is 2.66. The molecule has 2 heteroatoms. The summed E-state index contributed by atoms with van der Waals surface area (Å²) in [4.78, 5) is 4.13. The van der Waals surface area contributed by atoms with Crippen LogP contribution in [0.5, 0.6) is 5.75 Å². The Labute approximate surface area is 95.9 Å². The molecule has 1 heterocycles. The van der Waals surface area contributed by atoms with E-state index in [0.29, 0.717) is 6.61 Å². The first-order chi connectivity index (χ1) is 7.77. The molecule has 0 unspecified atom stereocenters. The van der Waals surface area contributed by atoms with E-state index in [4.69, 9.17) is 4.74 Å². The molecule has 1 aromatic carbocycles. The van der Waals surface area contributed by atoms with E-state index in [2.05, 4.69) is 24.0 Å². The molecule has 0 fully saturated rings. The molecule has 2 nitrogen and oxygen atoms in total. The number of ether oxygens (including phenoxy) is 1. The zero-order valence-corrected chi connectivity index (χ0v) is 9.60. The van der Waals surface area contributed by atoms with Crippen LogP contribution in [0.15, 0.2) is 42.7 Å². The van der Waals surface area contributed by atoms with Gasteiger partial charge in [-0.25, -0.2) is 0 Å². The average Bonchev–Trinajstić information content (AvgIpc) is 2.32. The van der Waals surface area contributed by atoms with E-state index >= 15 is 0 Å². The molecule has 16 heavy (non-hydrogen) atoms. The van der Waals surface area contributed by atoms with Crippen molar-refractivity contribution in [2.75, 3.05) is 0 Å². The zero-order valence-electron chi connectivity index (χ0n) is 9.60. The lowest BCUT2D eigenvalue weighted by Gasteiger charge is -2.09. The van der Waals surface area contributed by atoms with Crippen LogP contribution in [0.2, 0.25) is 0 Å². The summed E-state index contributed by atoms with van der Waals surface area (Å²) in [7, 11) is 0. The first kappa shape index (κ1) is 10.7. The zero-order chi connectivity index (χ0) is 11.4. The van der Waals surface area contributed by atoms with E-state index in [-0.39, 0.29) is 0 Å². The smallest absolute Gasteiger partial charge is 0.141 e. The highest BCUT2D eigenvalue weighted by atomic mass is 16.5. The van der Waals surface area contributed by atoms with Gasteiger partial charge in [-0.05, 0) is 30.5 Å². The fourth-order valence-corrected chi connectivity index (χ4v) is 1.49. The van der Waals surface area contributed by atoms with Crippen LogP contribution in [0.4, 0.5) is 0 Å². The molecule has 0 amide bonds. The van der Waals surface area contributed by atoms with Gasteiger partial charge in [-0.3, -0.25) is 4.98 Å². The Bertz CT molecular complexity index is 465. The Balaban J connectivity index is 2.08. The number of hydrogen-bond donors (Lipinski definition) is 0. The minimum Gasteiger partial charge on any atom is -0.487 e. The SMILES string of the molecule is Cc1cncc(OCc2ccccc2)c1C. The molecule has 0 bridgehead atoms. The lowest BCUT2D eigenvalue weighted by molar-refractivity contribution is 0.302. The first-order valence-electron chi connectivity index (χ1n) is 5.35. The van der Waals surface area contributed by atoms with Crippen LogP contribution < -0.4 is 4.74 Å². The van der Waals surface area contributed by atoms with E-state index in [1.54, 1.807) is 6.20 Å². The summed E-state index contributed by atoms with van der Waals surface area (Å²) in [6.07, 6.45) is 3.62. The Morgan fingerprint density at radius 1 is 1.06 bits per heavy atom. The highest BCUT2D eigenvalue weighted by molar-refractivity contribution is 5.34. The van der Waals surface area contributed by atoms with Gasteiger partial charge in [-0.2, -0.15) is 0 Å². The quantitative estimate of drug-likeness (QED) is 0.780. The van der Waals surface area contributed by atoms with E-state index in [9.17, 15) is 0 Å². The van der Waals surface area contributed by atoms with Gasteiger partial charge < -0.3 is 4.74 Å². The molecule has 0 atom stereocenters. The summed E-state index contributed by atoms with van der Waals surface area (Å²) in [6, 6.07) is 10.1. The Kier molecular flexibility index (Phi) is 3.20. The minimum atomic E-state index is 0.590. The van der Waals surface area contributed by atoms with Crippen LogP contribution in [0.3, 0.4) is 0 Å². The molecule has 0 aliphatic rings. The number of pyridine rings is 1. The number of aromatic nitrogens is 1. The van der Waals surface area contributed by atoms with Crippen molar-refractivity contribution in [2.45, 2.75) is 20.5 Å². The lowest BCUT2D eigenvalue weighted by Crippen LogP contribution is -1.98. The predicted octanol–water partition coefficient (Wildman–Crippen LogP) is 3.28. The monoisotopic (exact) mass is 213 g/mol. The van der Waals surface area contributed by atoms with Gasteiger partial charge in [0.15, 0.2) is 0 Å². The molecule has 0 aliphatic heterocycles. The highest BCUT2D eigenvalue weighted by Crippen LogP contribution is 2.19. The van der Waals surface area contributed by atoms with Gasteiger partial charge in [-0.15, -0.1) is 0 Å². The summed E-state index contributed by atoms with van der Waals surface area (Å²) in [5, 5.41) is 0. The molecule has 2 aromatic rings. The van der Waals surface area contributed by atoms with E-state index in [1.807, 2.05) is 31.3 Å². The molecule has 0 spiro atoms. The molecular formula is C14H15NO. The fraction of sp³-hybridized carbons (Fsp3) is 0.214. The average molecular weight is 213 g/mol. The second-order valence-electron chi connectivity index (χ2n) is 3.85. The van der Waals surface area contributed by atoms with Gasteiger partial charge in [0.25, 0.3) is 0 Å². The van der Waals surface area contributed by atoms with Crippen LogP contribution in [-0.4, -0.2) is 4.98 Å². The van der Waals surface area contributed by atoms with Crippen molar-refractivity contribution in [1.29, 1.82) is 0 Å². The van der Waals surface area contributed by atoms with Gasteiger partial charge >= 0.3 is 0 Å². The summed E-state index contributed by atoms with van der Waals surface area (Å²) in [5.74, 6) is 0.865. The van der Waals surface area contributed by atoms with Crippen molar-refractivity contribution in [1.82, 2.24) is 4.98 Å². The van der Waals surface area contributed by atoms with Crippen molar-refractivity contribution in [3.05, 3.63) is 59.4 Å². The number of hydrogen-bond acceptors (Lipinski definition) is 2. The minimum absolute atomic E-state index is 0.590. The Morgan fingerprint density at radius 3 is 2.56 bits per heavy atom. The summed E-state index contributed by atoms with van der Waals surface area (Å²) in [5.41, 5.74) is 3.49. The van der Waals surface area contributed by atoms with E-state index < -0.39 is 0 Å². The molecule has 0 aliphatic carbocycles. The fourth-order valence-electron chi connectivity index (χ4n) is 1.49. The third kappa shape index (κ3) is 2.40. The molecule has 0 saturated carbocycles. The molecule has 82 valence electrons. The molecule has 0 saturated heterocycles. The van der Waals surface area contributed by atoms with Crippen molar-refractivity contribution in [2.24, 2.45) is 0 Å². The topological polar surface area (TPSA) is 22.1 Å². The standard InChI is InChI=1S/C14H15NO/c1-11-8-15-9-14(12(11)2)16-10-13-6-4-3-5-7-13/h3-9H,10H2,1-2H3. The van der Waals surface area contributed by atoms with Crippen LogP contribution in [0, 0.1) is 13.8 Å². The van der Waals surface area contributed by atoms with Crippen molar-refractivity contribution in [3.8, 4) is 5.75 Å². The number of rotatable bonds is 3. The van der Waals surface area contributed by atoms with Gasteiger partial charge in [0.1, 0.15) is 12.4 Å². The summed E-state index contributed by atoms with van der Waals surface area (Å²) < 4.78 is 5.74. The van der Waals surface area contributed by atoms with Crippen LogP contribution in [-0.2, 0) is 6.61 Å². The Morgan fingerprint density at radius 2 is 1.81 bits per heavy atom. The molecule has 0 N–H and O–H groups in total. The second kappa shape index (κ2) is 4.79. The normalized spacial score (nSPS) is 10.1. The third-order valence-corrected chi connectivity index (χ3v) is 2.66. The number of nitrogens with zero attached hydrogens (tertiary/aromatic N) is 1. The van der Waals surface area contributed by atoms with Gasteiger partial charge in [0, 0.05) is 6.20 Å². The van der Waals surface area contributed by atoms with Crippen LogP contribution in [0.1, 0.15) is 16.7 Å². The molecule has 0 radical (unpaired) electrons. The first-order valence-corrected chi connectivity index (χ1v) is 5.35. The summed E-state index contributed by atoms with van der Waals surface area (Å²) in [6.45, 7) is 4.68. The number of benzene rings is 1. The lowest BCUT2D eigenvalue weighted by atomic mass is 10.2. The van der Waals surface area contributed by atoms with E-state index in [0.717, 1.165) is 16.9 Å². The second-order valence-corrected chi connectivity index (χ2v) is 3.85. The van der Waals surface area contributed by atoms with E-state index in [1.165, 1.54) is 5.56 Å². The Hall–Kier alpha value is -1.83. The van der Waals surface area contributed by atoms with Gasteiger partial charge in [0.05, 0.1) is 6.20 Å². The highest BCUT2D eigenvalue weighted by Gasteiger charge is 2.02. The molecule has 2 rings (SSSR count). The summed E-state index contributed by atoms with van der Waals surface area (Å²) >= 11 is 0. The molecular weight excluding hydrogens is 198 g/mol.